The summed E-state index contributed by atoms with van der Waals surface area (Å²) in [6.07, 6.45) is 2.62. The van der Waals surface area contributed by atoms with Gasteiger partial charge >= 0.3 is 0 Å². The number of benzene rings is 2. The van der Waals surface area contributed by atoms with E-state index in [0.29, 0.717) is 28.3 Å². The minimum absolute atomic E-state index is 0.226. The zero-order chi connectivity index (χ0) is 21.7. The van der Waals surface area contributed by atoms with Crippen molar-refractivity contribution in [2.45, 2.75) is 6.54 Å². The zero-order valence-corrected chi connectivity index (χ0v) is 17.3. The molecule has 0 fully saturated rings. The topological polar surface area (TPSA) is 109 Å². The number of carbonyl (C=O) groups excluding carboxylic acids is 2. The average Bonchev–Trinajstić information content (AvgIpc) is 3.25. The summed E-state index contributed by atoms with van der Waals surface area (Å²) in [5.41, 5.74) is 1.43. The fraction of sp³-hybridized carbons (Fsp3) is 0.143. The smallest absolute Gasteiger partial charge is 0.255 e. The molecular formula is C21H21N3O5S. The number of nitrogens with zero attached hydrogens (tertiary/aromatic N) is 1. The number of hydrogen-bond donors (Lipinski definition) is 2. The molecule has 9 heteroatoms. The maximum absolute atomic E-state index is 12.6. The molecule has 1 aromatic heterocycles. The lowest BCUT2D eigenvalue weighted by atomic mass is 10.1. The Bertz CT molecular complexity index is 1140. The molecule has 0 radical (unpaired) electrons. The molecule has 0 bridgehead atoms. The highest BCUT2D eigenvalue weighted by atomic mass is 32.2. The highest BCUT2D eigenvalue weighted by Crippen LogP contribution is 2.19. The van der Waals surface area contributed by atoms with E-state index in [0.717, 1.165) is 10.6 Å². The van der Waals surface area contributed by atoms with Crippen LogP contribution >= 0.6 is 0 Å². The summed E-state index contributed by atoms with van der Waals surface area (Å²) in [7, 11) is -1.96. The first kappa shape index (κ1) is 21.1. The Morgan fingerprint density at radius 1 is 0.967 bits per heavy atom. The molecule has 2 aromatic carbocycles. The predicted molar refractivity (Wildman–Crippen MR) is 114 cm³/mol. The number of furan rings is 1. The summed E-state index contributed by atoms with van der Waals surface area (Å²) in [6.45, 7) is 0.226. The van der Waals surface area contributed by atoms with Gasteiger partial charge < -0.3 is 15.1 Å². The standard InChI is InChI=1S/C21H21N3O5S/c1-24(30(2,27)28)16-11-9-15(10-12-16)20(25)23-19-8-4-3-7-18(19)21(26)22-14-17-6-5-13-29-17/h3-13H,14H2,1-2H3,(H,22,26)(H,23,25). The molecule has 0 aliphatic heterocycles. The van der Waals surface area contributed by atoms with Gasteiger partial charge in [-0.15, -0.1) is 0 Å². The number of nitrogens with one attached hydrogen (secondary N) is 2. The van der Waals surface area contributed by atoms with Gasteiger partial charge in [0, 0.05) is 12.6 Å². The van der Waals surface area contributed by atoms with E-state index in [9.17, 15) is 18.0 Å². The summed E-state index contributed by atoms with van der Waals surface area (Å²) in [4.78, 5) is 25.1. The van der Waals surface area contributed by atoms with Gasteiger partial charge in [-0.2, -0.15) is 0 Å². The maximum atomic E-state index is 12.6. The summed E-state index contributed by atoms with van der Waals surface area (Å²) in [6, 6.07) is 16.3. The first-order chi connectivity index (χ1) is 14.3. The average molecular weight is 427 g/mol. The lowest BCUT2D eigenvalue weighted by Gasteiger charge is -2.17. The molecule has 0 spiro atoms. The quantitative estimate of drug-likeness (QED) is 0.603. The van der Waals surface area contributed by atoms with E-state index in [1.54, 1.807) is 36.4 Å². The van der Waals surface area contributed by atoms with E-state index < -0.39 is 15.9 Å². The third-order valence-electron chi connectivity index (χ3n) is 4.41. The van der Waals surface area contributed by atoms with E-state index in [2.05, 4.69) is 10.6 Å². The van der Waals surface area contributed by atoms with Crippen molar-refractivity contribution in [2.24, 2.45) is 0 Å². The molecule has 30 heavy (non-hydrogen) atoms. The van der Waals surface area contributed by atoms with E-state index in [-0.39, 0.29) is 12.5 Å². The van der Waals surface area contributed by atoms with Crippen LogP contribution in [0, 0.1) is 0 Å². The highest BCUT2D eigenvalue weighted by molar-refractivity contribution is 7.92. The highest BCUT2D eigenvalue weighted by Gasteiger charge is 2.16. The van der Waals surface area contributed by atoms with Gasteiger partial charge in [0.2, 0.25) is 10.0 Å². The number of anilines is 2. The molecule has 3 aromatic rings. The van der Waals surface area contributed by atoms with Crippen LogP contribution in [-0.2, 0) is 16.6 Å². The van der Waals surface area contributed by atoms with Gasteiger partial charge in [-0.25, -0.2) is 8.42 Å². The molecule has 0 atom stereocenters. The number of sulfonamides is 1. The first-order valence-electron chi connectivity index (χ1n) is 9.00. The molecule has 2 amide bonds. The Morgan fingerprint density at radius 3 is 2.30 bits per heavy atom. The lowest BCUT2D eigenvalue weighted by Crippen LogP contribution is -2.25. The Morgan fingerprint density at radius 2 is 1.67 bits per heavy atom. The molecule has 8 nitrogen and oxygen atoms in total. The van der Waals surface area contributed by atoms with Gasteiger partial charge in [0.05, 0.1) is 36.0 Å². The van der Waals surface area contributed by atoms with Gasteiger partial charge in [0.25, 0.3) is 11.8 Å². The molecule has 3 rings (SSSR count). The van der Waals surface area contributed by atoms with Gasteiger partial charge in [-0.3, -0.25) is 13.9 Å². The number of carbonyl (C=O) groups is 2. The second-order valence-corrected chi connectivity index (χ2v) is 8.55. The minimum Gasteiger partial charge on any atom is -0.467 e. The van der Waals surface area contributed by atoms with Gasteiger partial charge in [-0.1, -0.05) is 12.1 Å². The van der Waals surface area contributed by atoms with Crippen molar-refractivity contribution >= 4 is 33.2 Å². The number of para-hydroxylation sites is 1. The molecule has 156 valence electrons. The lowest BCUT2D eigenvalue weighted by molar-refractivity contribution is 0.0949. The number of hydrogen-bond acceptors (Lipinski definition) is 5. The van der Waals surface area contributed by atoms with Crippen molar-refractivity contribution in [1.82, 2.24) is 5.32 Å². The molecule has 0 saturated heterocycles. The number of amides is 2. The van der Waals surface area contributed by atoms with Crippen LogP contribution < -0.4 is 14.9 Å². The SMILES string of the molecule is CN(c1ccc(C(=O)Nc2ccccc2C(=O)NCc2ccco2)cc1)S(C)(=O)=O. The van der Waals surface area contributed by atoms with Gasteiger partial charge in [-0.05, 0) is 48.5 Å². The fourth-order valence-corrected chi connectivity index (χ4v) is 3.18. The van der Waals surface area contributed by atoms with Crippen LogP contribution in [0.4, 0.5) is 11.4 Å². The van der Waals surface area contributed by atoms with Crippen LogP contribution in [0.2, 0.25) is 0 Å². The van der Waals surface area contributed by atoms with Gasteiger partial charge in [0.1, 0.15) is 5.76 Å². The Kier molecular flexibility index (Phi) is 6.22. The van der Waals surface area contributed by atoms with E-state index in [4.69, 9.17) is 4.42 Å². The molecule has 0 aliphatic rings. The van der Waals surface area contributed by atoms with Crippen molar-refractivity contribution in [3.05, 3.63) is 83.8 Å². The summed E-state index contributed by atoms with van der Waals surface area (Å²) in [5.74, 6) is -0.161. The largest absolute Gasteiger partial charge is 0.467 e. The normalized spacial score (nSPS) is 11.0. The summed E-state index contributed by atoms with van der Waals surface area (Å²) >= 11 is 0. The van der Waals surface area contributed by atoms with E-state index in [1.807, 2.05) is 0 Å². The molecule has 0 aliphatic carbocycles. The first-order valence-corrected chi connectivity index (χ1v) is 10.9. The minimum atomic E-state index is -3.39. The molecule has 0 unspecified atom stereocenters. The summed E-state index contributed by atoms with van der Waals surface area (Å²) < 4.78 is 29.6. The van der Waals surface area contributed by atoms with Crippen LogP contribution in [0.15, 0.2) is 71.3 Å². The van der Waals surface area contributed by atoms with Crippen molar-refractivity contribution in [2.75, 3.05) is 22.9 Å². The summed E-state index contributed by atoms with van der Waals surface area (Å²) in [5, 5.41) is 5.47. The molecule has 1 heterocycles. The Balaban J connectivity index is 1.72. The Labute approximate surface area is 174 Å². The third-order valence-corrected chi connectivity index (χ3v) is 5.62. The zero-order valence-electron chi connectivity index (χ0n) is 16.5. The second-order valence-electron chi connectivity index (χ2n) is 6.54. The fourth-order valence-electron chi connectivity index (χ4n) is 2.67. The number of rotatable bonds is 7. The predicted octanol–water partition coefficient (Wildman–Crippen LogP) is 2.86. The Hall–Kier alpha value is -3.59. The third kappa shape index (κ3) is 5.06. The molecular weight excluding hydrogens is 406 g/mol. The van der Waals surface area contributed by atoms with Crippen LogP contribution in [0.1, 0.15) is 26.5 Å². The van der Waals surface area contributed by atoms with Crippen molar-refractivity contribution in [3.63, 3.8) is 0 Å². The van der Waals surface area contributed by atoms with E-state index in [1.165, 1.54) is 37.6 Å². The van der Waals surface area contributed by atoms with Gasteiger partial charge in [0.15, 0.2) is 0 Å². The molecule has 0 saturated carbocycles. The monoisotopic (exact) mass is 427 g/mol. The van der Waals surface area contributed by atoms with Crippen LogP contribution in [-0.4, -0.2) is 33.5 Å². The van der Waals surface area contributed by atoms with Crippen molar-refractivity contribution in [1.29, 1.82) is 0 Å². The maximum Gasteiger partial charge on any atom is 0.255 e. The van der Waals surface area contributed by atoms with Crippen LogP contribution in [0.5, 0.6) is 0 Å². The molecule has 2 N–H and O–H groups in total. The van der Waals surface area contributed by atoms with Crippen molar-refractivity contribution in [3.8, 4) is 0 Å². The van der Waals surface area contributed by atoms with E-state index >= 15 is 0 Å². The second kappa shape index (κ2) is 8.83. The van der Waals surface area contributed by atoms with Crippen LogP contribution in [0.3, 0.4) is 0 Å². The van der Waals surface area contributed by atoms with Crippen molar-refractivity contribution < 1.29 is 22.4 Å². The van der Waals surface area contributed by atoms with Crippen LogP contribution in [0.25, 0.3) is 0 Å².